The van der Waals surface area contributed by atoms with Gasteiger partial charge in [-0.15, -0.1) is 0 Å². The first-order valence-corrected chi connectivity index (χ1v) is 9.93. The predicted molar refractivity (Wildman–Crippen MR) is 105 cm³/mol. The largest absolute Gasteiger partial charge is 0.463 e. The topological polar surface area (TPSA) is 114 Å². The van der Waals surface area contributed by atoms with Crippen LogP contribution >= 0.6 is 15.9 Å². The molecule has 0 N–H and O–H groups in total. The van der Waals surface area contributed by atoms with Gasteiger partial charge in [0.1, 0.15) is 18.8 Å². The Morgan fingerprint density at radius 3 is 1.80 bits per heavy atom. The van der Waals surface area contributed by atoms with E-state index in [0.29, 0.717) is 5.56 Å². The molecular weight excluding hydrogens is 464 g/mol. The summed E-state index contributed by atoms with van der Waals surface area (Å²) >= 11 is 3.35. The van der Waals surface area contributed by atoms with Gasteiger partial charge in [-0.1, -0.05) is 28.1 Å². The minimum Gasteiger partial charge on any atom is -0.463 e. The standard InChI is InChI=1S/C20H23BrO9/c1-10(22)26-9-16-18(27-11(2)23)20(29-13(4)25)19(28-12(3)24)17(30-16)14-5-7-15(21)8-6-14/h5-8,16-20H,9H2,1-4H3/t16-,17+,18+,19+,20+/m1/s1. The molecular formula is C20H23BrO9. The average Bonchev–Trinajstić information content (AvgIpc) is 2.63. The molecule has 164 valence electrons. The van der Waals surface area contributed by atoms with E-state index in [1.807, 2.05) is 0 Å². The van der Waals surface area contributed by atoms with E-state index >= 15 is 0 Å². The Morgan fingerprint density at radius 2 is 1.30 bits per heavy atom. The number of benzene rings is 1. The van der Waals surface area contributed by atoms with Gasteiger partial charge >= 0.3 is 23.9 Å². The van der Waals surface area contributed by atoms with Crippen molar-refractivity contribution in [2.45, 2.75) is 58.2 Å². The lowest BCUT2D eigenvalue weighted by Gasteiger charge is -2.44. The van der Waals surface area contributed by atoms with Gasteiger partial charge in [-0.05, 0) is 17.7 Å². The molecule has 0 spiro atoms. The lowest BCUT2D eigenvalue weighted by Crippen LogP contribution is -2.59. The molecule has 1 aromatic rings. The van der Waals surface area contributed by atoms with Gasteiger partial charge in [0, 0.05) is 32.2 Å². The minimum absolute atomic E-state index is 0.259. The maximum atomic E-state index is 11.8. The zero-order chi connectivity index (χ0) is 22.4. The number of halogens is 1. The summed E-state index contributed by atoms with van der Waals surface area (Å²) in [6.45, 7) is 4.53. The van der Waals surface area contributed by atoms with Crippen LogP contribution in [0.3, 0.4) is 0 Å². The minimum atomic E-state index is -1.18. The maximum absolute atomic E-state index is 11.8. The second kappa shape index (κ2) is 10.5. The highest BCUT2D eigenvalue weighted by molar-refractivity contribution is 9.10. The van der Waals surface area contributed by atoms with E-state index in [9.17, 15) is 19.2 Å². The average molecular weight is 487 g/mol. The lowest BCUT2D eigenvalue weighted by atomic mass is 9.90. The van der Waals surface area contributed by atoms with Crippen molar-refractivity contribution < 1.29 is 42.9 Å². The molecule has 9 nitrogen and oxygen atoms in total. The Balaban J connectivity index is 2.51. The van der Waals surface area contributed by atoms with Crippen LogP contribution in [0.1, 0.15) is 39.4 Å². The number of ether oxygens (including phenoxy) is 5. The Labute approximate surface area is 182 Å². The van der Waals surface area contributed by atoms with Crippen molar-refractivity contribution in [1.82, 2.24) is 0 Å². The lowest BCUT2D eigenvalue weighted by molar-refractivity contribution is -0.254. The second-order valence-corrected chi connectivity index (χ2v) is 7.59. The number of hydrogen-bond acceptors (Lipinski definition) is 9. The van der Waals surface area contributed by atoms with Gasteiger partial charge in [-0.3, -0.25) is 19.2 Å². The van der Waals surface area contributed by atoms with Crippen molar-refractivity contribution in [1.29, 1.82) is 0 Å². The van der Waals surface area contributed by atoms with Gasteiger partial charge in [-0.25, -0.2) is 0 Å². The molecule has 1 fully saturated rings. The fourth-order valence-electron chi connectivity index (χ4n) is 3.15. The van der Waals surface area contributed by atoms with E-state index in [1.54, 1.807) is 24.3 Å². The zero-order valence-corrected chi connectivity index (χ0v) is 18.5. The SMILES string of the molecule is CC(=O)OC[C@H]1O[C@@H](c2ccc(Br)cc2)[C@H](OC(C)=O)[C@@H](OC(C)=O)[C@H]1OC(C)=O. The van der Waals surface area contributed by atoms with E-state index in [4.69, 9.17) is 23.7 Å². The number of esters is 4. The number of carbonyl (C=O) groups is 4. The van der Waals surface area contributed by atoms with Crippen LogP contribution in [0.4, 0.5) is 0 Å². The molecule has 1 saturated heterocycles. The van der Waals surface area contributed by atoms with Crippen molar-refractivity contribution in [3.05, 3.63) is 34.3 Å². The molecule has 0 aliphatic carbocycles. The monoisotopic (exact) mass is 486 g/mol. The summed E-state index contributed by atoms with van der Waals surface area (Å²) in [5, 5.41) is 0. The molecule has 1 aliphatic rings. The van der Waals surface area contributed by atoms with Crippen LogP contribution in [0.5, 0.6) is 0 Å². The van der Waals surface area contributed by atoms with Crippen molar-refractivity contribution in [3.63, 3.8) is 0 Å². The first-order valence-electron chi connectivity index (χ1n) is 9.14. The van der Waals surface area contributed by atoms with E-state index in [1.165, 1.54) is 27.7 Å². The molecule has 0 amide bonds. The van der Waals surface area contributed by atoms with Crippen LogP contribution in [0.15, 0.2) is 28.7 Å². The van der Waals surface area contributed by atoms with Gasteiger partial charge in [0.05, 0.1) is 0 Å². The van der Waals surface area contributed by atoms with E-state index < -0.39 is 54.4 Å². The number of rotatable bonds is 6. The zero-order valence-electron chi connectivity index (χ0n) is 17.0. The normalized spacial score (nSPS) is 25.7. The first-order chi connectivity index (χ1) is 14.1. The molecule has 1 aromatic carbocycles. The van der Waals surface area contributed by atoms with Crippen LogP contribution in [-0.2, 0) is 42.9 Å². The van der Waals surface area contributed by atoms with Gasteiger partial charge in [0.15, 0.2) is 18.3 Å². The van der Waals surface area contributed by atoms with E-state index in [0.717, 1.165) is 4.47 Å². The highest BCUT2D eigenvalue weighted by Crippen LogP contribution is 2.38. The Hall–Kier alpha value is -2.46. The Morgan fingerprint density at radius 1 is 0.800 bits per heavy atom. The molecule has 0 bridgehead atoms. The summed E-state index contributed by atoms with van der Waals surface area (Å²) in [5.41, 5.74) is 0.621. The van der Waals surface area contributed by atoms with Crippen LogP contribution in [0, 0.1) is 0 Å². The van der Waals surface area contributed by atoms with Crippen molar-refractivity contribution in [2.24, 2.45) is 0 Å². The molecule has 30 heavy (non-hydrogen) atoms. The van der Waals surface area contributed by atoms with E-state index in [2.05, 4.69) is 15.9 Å². The second-order valence-electron chi connectivity index (χ2n) is 6.67. The van der Waals surface area contributed by atoms with Gasteiger partial charge < -0.3 is 23.7 Å². The Kier molecular flexibility index (Phi) is 8.36. The van der Waals surface area contributed by atoms with Crippen molar-refractivity contribution in [3.8, 4) is 0 Å². The fraction of sp³-hybridized carbons (Fsp3) is 0.500. The highest BCUT2D eigenvalue weighted by atomic mass is 79.9. The summed E-state index contributed by atoms with van der Waals surface area (Å²) in [6.07, 6.45) is -5.30. The molecule has 2 rings (SSSR count). The number of carbonyl (C=O) groups excluding carboxylic acids is 4. The van der Waals surface area contributed by atoms with Crippen LogP contribution in [0.25, 0.3) is 0 Å². The fourth-order valence-corrected chi connectivity index (χ4v) is 3.41. The molecule has 10 heteroatoms. The Bertz CT molecular complexity index is 792. The van der Waals surface area contributed by atoms with Gasteiger partial charge in [-0.2, -0.15) is 0 Å². The third kappa shape index (κ3) is 6.53. The third-order valence-corrected chi connectivity index (χ3v) is 4.72. The first kappa shape index (κ1) is 23.8. The third-order valence-electron chi connectivity index (χ3n) is 4.19. The molecule has 0 unspecified atom stereocenters. The van der Waals surface area contributed by atoms with Crippen molar-refractivity contribution in [2.75, 3.05) is 6.61 Å². The maximum Gasteiger partial charge on any atom is 0.303 e. The summed E-state index contributed by atoms with van der Waals surface area (Å²) in [5.74, 6) is -2.54. The number of hydrogen-bond donors (Lipinski definition) is 0. The van der Waals surface area contributed by atoms with E-state index in [-0.39, 0.29) is 6.61 Å². The smallest absolute Gasteiger partial charge is 0.303 e. The quantitative estimate of drug-likeness (QED) is 0.440. The van der Waals surface area contributed by atoms with Gasteiger partial charge in [0.25, 0.3) is 0 Å². The van der Waals surface area contributed by atoms with Crippen molar-refractivity contribution >= 4 is 39.8 Å². The highest BCUT2D eigenvalue weighted by Gasteiger charge is 2.52. The summed E-state index contributed by atoms with van der Waals surface area (Å²) in [4.78, 5) is 46.6. The molecule has 0 radical (unpaired) electrons. The van der Waals surface area contributed by atoms with Crippen LogP contribution in [0.2, 0.25) is 0 Å². The predicted octanol–water partition coefficient (Wildman–Crippen LogP) is 2.25. The summed E-state index contributed by atoms with van der Waals surface area (Å²) < 4.78 is 28.1. The molecule has 1 aliphatic heterocycles. The molecule has 0 aromatic heterocycles. The molecule has 1 heterocycles. The molecule has 0 saturated carbocycles. The summed E-state index contributed by atoms with van der Waals surface area (Å²) in [7, 11) is 0. The van der Waals surface area contributed by atoms with Gasteiger partial charge in [0.2, 0.25) is 0 Å². The summed E-state index contributed by atoms with van der Waals surface area (Å²) in [6, 6.07) is 7.02. The molecule has 5 atom stereocenters. The van der Waals surface area contributed by atoms with Crippen LogP contribution < -0.4 is 0 Å². The van der Waals surface area contributed by atoms with Crippen LogP contribution in [-0.4, -0.2) is 54.9 Å².